The van der Waals surface area contributed by atoms with Crippen molar-refractivity contribution in [1.29, 1.82) is 0 Å². The summed E-state index contributed by atoms with van der Waals surface area (Å²) in [6.45, 7) is 2.31. The molecule has 0 fully saturated rings. The summed E-state index contributed by atoms with van der Waals surface area (Å²) in [5, 5.41) is 2.71. The quantitative estimate of drug-likeness (QED) is 0.870. The van der Waals surface area contributed by atoms with Crippen LogP contribution in [0.15, 0.2) is 42.6 Å². The molecule has 0 spiro atoms. The van der Waals surface area contributed by atoms with E-state index in [1.54, 1.807) is 18.3 Å². The van der Waals surface area contributed by atoms with Crippen molar-refractivity contribution in [1.82, 2.24) is 4.98 Å². The van der Waals surface area contributed by atoms with Gasteiger partial charge < -0.3 is 15.8 Å². The molecule has 104 valence electrons. The molecule has 0 radical (unpaired) electrons. The lowest BCUT2D eigenvalue weighted by Gasteiger charge is -2.08. The summed E-state index contributed by atoms with van der Waals surface area (Å²) in [5.74, 6) is 0.948. The first-order chi connectivity index (χ1) is 9.69. The largest absolute Gasteiger partial charge is 0.484 e. The monoisotopic (exact) mass is 271 g/mol. The van der Waals surface area contributed by atoms with Crippen molar-refractivity contribution in [2.45, 2.75) is 13.5 Å². The van der Waals surface area contributed by atoms with Crippen LogP contribution in [0.25, 0.3) is 0 Å². The Morgan fingerprint density at radius 2 is 2.05 bits per heavy atom. The number of hydrogen-bond acceptors (Lipinski definition) is 4. The van der Waals surface area contributed by atoms with Gasteiger partial charge in [-0.1, -0.05) is 18.2 Å². The Kier molecular flexibility index (Phi) is 4.68. The molecule has 0 unspecified atom stereocenters. The van der Waals surface area contributed by atoms with E-state index in [9.17, 15) is 4.79 Å². The average Bonchev–Trinajstić information content (AvgIpc) is 2.48. The zero-order valence-corrected chi connectivity index (χ0v) is 11.3. The van der Waals surface area contributed by atoms with Crippen molar-refractivity contribution in [2.24, 2.45) is 5.73 Å². The summed E-state index contributed by atoms with van der Waals surface area (Å²) in [6, 6.07) is 11.0. The third kappa shape index (κ3) is 3.80. The van der Waals surface area contributed by atoms with Crippen molar-refractivity contribution in [3.05, 3.63) is 53.7 Å². The van der Waals surface area contributed by atoms with Gasteiger partial charge in [-0.05, 0) is 36.2 Å². The number of benzene rings is 1. The first-order valence-corrected chi connectivity index (χ1v) is 6.32. The molecule has 5 nitrogen and oxygen atoms in total. The molecule has 20 heavy (non-hydrogen) atoms. The van der Waals surface area contributed by atoms with E-state index in [1.165, 1.54) is 0 Å². The number of aromatic nitrogens is 1. The van der Waals surface area contributed by atoms with Crippen LogP contribution in [0, 0.1) is 6.92 Å². The predicted molar refractivity (Wildman–Crippen MR) is 77.4 cm³/mol. The second-order valence-electron chi connectivity index (χ2n) is 4.35. The van der Waals surface area contributed by atoms with Gasteiger partial charge in [0.1, 0.15) is 11.6 Å². The Labute approximate surface area is 117 Å². The summed E-state index contributed by atoms with van der Waals surface area (Å²) in [6.07, 6.45) is 1.63. The smallest absolute Gasteiger partial charge is 0.263 e. The standard InChI is InChI=1S/C15H17N3O2/c1-11-3-2-8-17-15(11)18-14(19)10-20-13-6-4-12(9-16)5-7-13/h2-8H,9-10,16H2,1H3,(H,17,18,19). The number of carbonyl (C=O) groups excluding carboxylic acids is 1. The summed E-state index contributed by atoms with van der Waals surface area (Å²) < 4.78 is 5.40. The molecule has 2 aromatic rings. The molecule has 1 aromatic heterocycles. The number of amides is 1. The lowest BCUT2D eigenvalue weighted by atomic mass is 10.2. The van der Waals surface area contributed by atoms with Crippen molar-refractivity contribution >= 4 is 11.7 Å². The number of hydrogen-bond donors (Lipinski definition) is 2. The van der Waals surface area contributed by atoms with Gasteiger partial charge in [0.05, 0.1) is 0 Å². The highest BCUT2D eigenvalue weighted by Crippen LogP contribution is 2.12. The first-order valence-electron chi connectivity index (χ1n) is 6.32. The summed E-state index contributed by atoms with van der Waals surface area (Å²) in [4.78, 5) is 15.9. The van der Waals surface area contributed by atoms with Crippen molar-refractivity contribution in [2.75, 3.05) is 11.9 Å². The molecule has 0 saturated carbocycles. The fourth-order valence-corrected chi connectivity index (χ4v) is 1.66. The molecule has 3 N–H and O–H groups in total. The van der Waals surface area contributed by atoms with Gasteiger partial charge in [-0.3, -0.25) is 4.79 Å². The molecule has 1 amide bonds. The van der Waals surface area contributed by atoms with Crippen LogP contribution in [-0.2, 0) is 11.3 Å². The SMILES string of the molecule is Cc1cccnc1NC(=O)COc1ccc(CN)cc1. The van der Waals surface area contributed by atoms with E-state index < -0.39 is 0 Å². The Balaban J connectivity index is 1.87. The van der Waals surface area contributed by atoms with Gasteiger partial charge in [0.15, 0.2) is 6.61 Å². The van der Waals surface area contributed by atoms with Gasteiger partial charge in [0, 0.05) is 12.7 Å². The minimum Gasteiger partial charge on any atom is -0.484 e. The van der Waals surface area contributed by atoms with Crippen LogP contribution in [0.5, 0.6) is 5.75 Å². The van der Waals surface area contributed by atoms with Crippen LogP contribution in [-0.4, -0.2) is 17.5 Å². The summed E-state index contributed by atoms with van der Waals surface area (Å²) in [5.41, 5.74) is 7.44. The van der Waals surface area contributed by atoms with Gasteiger partial charge in [-0.25, -0.2) is 4.98 Å². The lowest BCUT2D eigenvalue weighted by Crippen LogP contribution is -2.21. The highest BCUT2D eigenvalue weighted by atomic mass is 16.5. The van der Waals surface area contributed by atoms with Crippen molar-refractivity contribution in [3.8, 4) is 5.75 Å². The molecule has 2 rings (SSSR count). The first kappa shape index (κ1) is 14.0. The van der Waals surface area contributed by atoms with Crippen LogP contribution >= 0.6 is 0 Å². The molecule has 0 atom stereocenters. The van der Waals surface area contributed by atoms with E-state index in [0.717, 1.165) is 11.1 Å². The predicted octanol–water partition coefficient (Wildman–Crippen LogP) is 1.87. The van der Waals surface area contributed by atoms with E-state index >= 15 is 0 Å². The zero-order chi connectivity index (χ0) is 14.4. The summed E-state index contributed by atoms with van der Waals surface area (Å²) >= 11 is 0. The van der Waals surface area contributed by atoms with E-state index in [-0.39, 0.29) is 12.5 Å². The minimum absolute atomic E-state index is 0.0576. The number of ether oxygens (including phenoxy) is 1. The number of anilines is 1. The molecule has 0 aliphatic rings. The number of aryl methyl sites for hydroxylation is 1. The number of carbonyl (C=O) groups is 1. The van der Waals surface area contributed by atoms with Crippen LogP contribution in [0.4, 0.5) is 5.82 Å². The third-order valence-corrected chi connectivity index (χ3v) is 2.80. The maximum atomic E-state index is 11.8. The van der Waals surface area contributed by atoms with Crippen LogP contribution < -0.4 is 15.8 Å². The van der Waals surface area contributed by atoms with Gasteiger partial charge >= 0.3 is 0 Å². The normalized spacial score (nSPS) is 10.1. The Hall–Kier alpha value is -2.40. The second kappa shape index (κ2) is 6.68. The zero-order valence-electron chi connectivity index (χ0n) is 11.3. The molecule has 1 aromatic carbocycles. The third-order valence-electron chi connectivity index (χ3n) is 2.80. The molecular formula is C15H17N3O2. The van der Waals surface area contributed by atoms with E-state index in [4.69, 9.17) is 10.5 Å². The number of rotatable bonds is 5. The Morgan fingerprint density at radius 3 is 2.70 bits per heavy atom. The van der Waals surface area contributed by atoms with Crippen LogP contribution in [0.3, 0.4) is 0 Å². The van der Waals surface area contributed by atoms with E-state index in [1.807, 2.05) is 31.2 Å². The second-order valence-corrected chi connectivity index (χ2v) is 4.35. The molecule has 1 heterocycles. The number of nitrogens with one attached hydrogen (secondary N) is 1. The topological polar surface area (TPSA) is 77.2 Å². The molecule has 0 aliphatic carbocycles. The lowest BCUT2D eigenvalue weighted by molar-refractivity contribution is -0.118. The maximum absolute atomic E-state index is 11.8. The van der Waals surface area contributed by atoms with Gasteiger partial charge in [0.25, 0.3) is 5.91 Å². The van der Waals surface area contributed by atoms with Gasteiger partial charge in [-0.15, -0.1) is 0 Å². The molecule has 5 heteroatoms. The highest BCUT2D eigenvalue weighted by molar-refractivity contribution is 5.91. The van der Waals surface area contributed by atoms with Gasteiger partial charge in [0.2, 0.25) is 0 Å². The molecule has 0 saturated heterocycles. The molecule has 0 bridgehead atoms. The number of pyridine rings is 1. The Morgan fingerprint density at radius 1 is 1.30 bits per heavy atom. The Bertz CT molecular complexity index is 582. The van der Waals surface area contributed by atoms with Crippen LogP contribution in [0.1, 0.15) is 11.1 Å². The minimum atomic E-state index is -0.241. The van der Waals surface area contributed by atoms with Crippen LogP contribution in [0.2, 0.25) is 0 Å². The van der Waals surface area contributed by atoms with Crippen molar-refractivity contribution in [3.63, 3.8) is 0 Å². The molecule has 0 aliphatic heterocycles. The highest BCUT2D eigenvalue weighted by Gasteiger charge is 2.06. The van der Waals surface area contributed by atoms with Gasteiger partial charge in [-0.2, -0.15) is 0 Å². The maximum Gasteiger partial charge on any atom is 0.263 e. The van der Waals surface area contributed by atoms with E-state index in [0.29, 0.717) is 18.1 Å². The fourth-order valence-electron chi connectivity index (χ4n) is 1.66. The fraction of sp³-hybridized carbons (Fsp3) is 0.200. The molecular weight excluding hydrogens is 254 g/mol. The number of nitrogens with two attached hydrogens (primary N) is 1. The average molecular weight is 271 g/mol. The summed E-state index contributed by atoms with van der Waals surface area (Å²) in [7, 11) is 0. The van der Waals surface area contributed by atoms with Crippen molar-refractivity contribution < 1.29 is 9.53 Å². The van der Waals surface area contributed by atoms with E-state index in [2.05, 4.69) is 10.3 Å². The number of nitrogens with zero attached hydrogens (tertiary/aromatic N) is 1.